The third-order valence-electron chi connectivity index (χ3n) is 4.72. The van der Waals surface area contributed by atoms with Crippen molar-refractivity contribution in [3.8, 4) is 0 Å². The fourth-order valence-electron chi connectivity index (χ4n) is 3.20. The lowest BCUT2D eigenvalue weighted by Crippen LogP contribution is -2.40. The highest BCUT2D eigenvalue weighted by atomic mass is 16.5. The number of ether oxygens (including phenoxy) is 2. The predicted molar refractivity (Wildman–Crippen MR) is 93.9 cm³/mol. The van der Waals surface area contributed by atoms with E-state index in [1.54, 1.807) is 0 Å². The van der Waals surface area contributed by atoms with Gasteiger partial charge in [0.25, 0.3) is 0 Å². The van der Waals surface area contributed by atoms with Crippen LogP contribution in [0.1, 0.15) is 25.7 Å². The van der Waals surface area contributed by atoms with E-state index in [0.29, 0.717) is 5.92 Å². The molecule has 1 unspecified atom stereocenters. The molecule has 2 N–H and O–H groups in total. The zero-order valence-electron chi connectivity index (χ0n) is 14.9. The van der Waals surface area contributed by atoms with Gasteiger partial charge in [-0.3, -0.25) is 4.99 Å². The number of guanidine groups is 1. The van der Waals surface area contributed by atoms with Crippen LogP contribution in [0.5, 0.6) is 0 Å². The Morgan fingerprint density at radius 2 is 2.04 bits per heavy atom. The van der Waals surface area contributed by atoms with Crippen molar-refractivity contribution in [2.75, 3.05) is 66.7 Å². The van der Waals surface area contributed by atoms with E-state index in [2.05, 4.69) is 27.6 Å². The molecule has 2 rings (SSSR count). The predicted octanol–water partition coefficient (Wildman–Crippen LogP) is 0.936. The van der Waals surface area contributed by atoms with Gasteiger partial charge in [0.15, 0.2) is 5.96 Å². The van der Waals surface area contributed by atoms with Crippen LogP contribution in [0.4, 0.5) is 0 Å². The van der Waals surface area contributed by atoms with Crippen molar-refractivity contribution in [1.82, 2.24) is 15.5 Å². The van der Waals surface area contributed by atoms with Gasteiger partial charge in [0.1, 0.15) is 0 Å². The quantitative estimate of drug-likeness (QED) is 0.395. The molecule has 0 aliphatic carbocycles. The van der Waals surface area contributed by atoms with Crippen LogP contribution in [0.15, 0.2) is 4.99 Å². The molecule has 23 heavy (non-hydrogen) atoms. The van der Waals surface area contributed by atoms with Crippen molar-refractivity contribution in [2.24, 2.45) is 16.8 Å². The first-order valence-electron chi connectivity index (χ1n) is 9.06. The van der Waals surface area contributed by atoms with Gasteiger partial charge in [-0.2, -0.15) is 0 Å². The standard InChI is InChI=1S/C17H34N4O2/c1-18-17(20-12-16-4-8-21(2)13-16)19-7-3-9-23-14-15-5-10-22-11-6-15/h15-16H,3-14H2,1-2H3,(H2,18,19,20). The van der Waals surface area contributed by atoms with Crippen molar-refractivity contribution < 1.29 is 9.47 Å². The topological polar surface area (TPSA) is 58.1 Å². The maximum atomic E-state index is 5.78. The number of nitrogens with zero attached hydrogens (tertiary/aromatic N) is 2. The Morgan fingerprint density at radius 1 is 1.22 bits per heavy atom. The molecule has 2 heterocycles. The Morgan fingerprint density at radius 3 is 2.74 bits per heavy atom. The largest absolute Gasteiger partial charge is 0.381 e. The van der Waals surface area contributed by atoms with Gasteiger partial charge in [0, 0.05) is 53.1 Å². The van der Waals surface area contributed by atoms with Crippen LogP contribution >= 0.6 is 0 Å². The minimum Gasteiger partial charge on any atom is -0.381 e. The highest BCUT2D eigenvalue weighted by molar-refractivity contribution is 5.79. The van der Waals surface area contributed by atoms with Crippen molar-refractivity contribution in [2.45, 2.75) is 25.7 Å². The summed E-state index contributed by atoms with van der Waals surface area (Å²) < 4.78 is 11.1. The van der Waals surface area contributed by atoms with Gasteiger partial charge in [-0.1, -0.05) is 0 Å². The Kier molecular flexibility index (Phi) is 8.71. The summed E-state index contributed by atoms with van der Waals surface area (Å²) in [6, 6.07) is 0. The summed E-state index contributed by atoms with van der Waals surface area (Å²) in [5.41, 5.74) is 0. The van der Waals surface area contributed by atoms with Gasteiger partial charge in [-0.05, 0) is 51.1 Å². The average molecular weight is 326 g/mol. The molecule has 134 valence electrons. The van der Waals surface area contributed by atoms with Crippen LogP contribution in [-0.4, -0.2) is 77.6 Å². The normalized spacial score (nSPS) is 24.1. The molecule has 0 radical (unpaired) electrons. The molecule has 6 nitrogen and oxygen atoms in total. The molecule has 0 amide bonds. The molecule has 0 aromatic rings. The minimum atomic E-state index is 0.690. The van der Waals surface area contributed by atoms with Crippen LogP contribution in [-0.2, 0) is 9.47 Å². The van der Waals surface area contributed by atoms with E-state index in [1.807, 2.05) is 7.05 Å². The first-order valence-corrected chi connectivity index (χ1v) is 9.06. The third kappa shape index (κ3) is 7.50. The number of aliphatic imine (C=N–C) groups is 1. The van der Waals surface area contributed by atoms with Crippen LogP contribution < -0.4 is 10.6 Å². The van der Waals surface area contributed by atoms with E-state index in [4.69, 9.17) is 9.47 Å². The minimum absolute atomic E-state index is 0.690. The van der Waals surface area contributed by atoms with Gasteiger partial charge in [0.05, 0.1) is 0 Å². The molecule has 2 fully saturated rings. The second-order valence-electron chi connectivity index (χ2n) is 6.78. The fraction of sp³-hybridized carbons (Fsp3) is 0.941. The SMILES string of the molecule is CN=C(NCCCOCC1CCOCC1)NCC1CCN(C)C1. The summed E-state index contributed by atoms with van der Waals surface area (Å²) in [6.45, 7) is 7.79. The summed E-state index contributed by atoms with van der Waals surface area (Å²) in [5.74, 6) is 2.33. The molecule has 0 aromatic heterocycles. The fourth-order valence-corrected chi connectivity index (χ4v) is 3.20. The Bertz CT molecular complexity index is 345. The second kappa shape index (κ2) is 10.8. The van der Waals surface area contributed by atoms with Crippen LogP contribution in [0.25, 0.3) is 0 Å². The van der Waals surface area contributed by atoms with E-state index >= 15 is 0 Å². The summed E-state index contributed by atoms with van der Waals surface area (Å²) >= 11 is 0. The molecular formula is C17H34N4O2. The lowest BCUT2D eigenvalue weighted by Gasteiger charge is -2.21. The third-order valence-corrected chi connectivity index (χ3v) is 4.72. The van der Waals surface area contributed by atoms with Gasteiger partial charge in [0.2, 0.25) is 0 Å². The van der Waals surface area contributed by atoms with Crippen LogP contribution in [0.2, 0.25) is 0 Å². The van der Waals surface area contributed by atoms with E-state index in [-0.39, 0.29) is 0 Å². The Balaban J connectivity index is 1.45. The highest BCUT2D eigenvalue weighted by Crippen LogP contribution is 2.14. The van der Waals surface area contributed by atoms with E-state index in [0.717, 1.165) is 70.7 Å². The van der Waals surface area contributed by atoms with Crippen molar-refractivity contribution in [3.63, 3.8) is 0 Å². The molecule has 0 aromatic carbocycles. The number of hydrogen-bond acceptors (Lipinski definition) is 4. The van der Waals surface area contributed by atoms with Crippen molar-refractivity contribution in [3.05, 3.63) is 0 Å². The molecule has 2 aliphatic heterocycles. The number of rotatable bonds is 8. The molecule has 6 heteroatoms. The lowest BCUT2D eigenvalue weighted by atomic mass is 10.0. The molecule has 1 atom stereocenters. The number of likely N-dealkylation sites (tertiary alicyclic amines) is 1. The van der Waals surface area contributed by atoms with Crippen LogP contribution in [0.3, 0.4) is 0 Å². The van der Waals surface area contributed by atoms with Gasteiger partial charge in [-0.15, -0.1) is 0 Å². The van der Waals surface area contributed by atoms with Gasteiger partial charge >= 0.3 is 0 Å². The maximum absolute atomic E-state index is 5.78. The van der Waals surface area contributed by atoms with Crippen molar-refractivity contribution >= 4 is 5.96 Å². The summed E-state index contributed by atoms with van der Waals surface area (Å²) in [6.07, 6.45) is 4.58. The lowest BCUT2D eigenvalue weighted by molar-refractivity contribution is 0.0203. The molecule has 0 bridgehead atoms. The Hall–Kier alpha value is -0.850. The smallest absolute Gasteiger partial charge is 0.190 e. The molecule has 0 saturated carbocycles. The van der Waals surface area contributed by atoms with E-state index < -0.39 is 0 Å². The number of hydrogen-bond donors (Lipinski definition) is 2. The second-order valence-corrected chi connectivity index (χ2v) is 6.78. The molecule has 0 spiro atoms. The highest BCUT2D eigenvalue weighted by Gasteiger charge is 2.19. The van der Waals surface area contributed by atoms with Gasteiger partial charge in [-0.25, -0.2) is 0 Å². The summed E-state index contributed by atoms with van der Waals surface area (Å²) in [7, 11) is 4.02. The molecular weight excluding hydrogens is 292 g/mol. The first-order chi connectivity index (χ1) is 11.3. The van der Waals surface area contributed by atoms with Gasteiger partial charge < -0.3 is 25.0 Å². The van der Waals surface area contributed by atoms with E-state index in [1.165, 1.54) is 19.5 Å². The zero-order chi connectivity index (χ0) is 16.3. The maximum Gasteiger partial charge on any atom is 0.190 e. The monoisotopic (exact) mass is 326 g/mol. The van der Waals surface area contributed by atoms with Crippen LogP contribution in [0, 0.1) is 11.8 Å². The average Bonchev–Trinajstić information content (AvgIpc) is 3.00. The van der Waals surface area contributed by atoms with Crippen molar-refractivity contribution in [1.29, 1.82) is 0 Å². The molecule has 2 aliphatic rings. The number of nitrogens with one attached hydrogen (secondary N) is 2. The summed E-state index contributed by atoms with van der Waals surface area (Å²) in [4.78, 5) is 6.67. The van der Waals surface area contributed by atoms with E-state index in [9.17, 15) is 0 Å². The first kappa shape index (κ1) is 18.5. The summed E-state index contributed by atoms with van der Waals surface area (Å²) in [5, 5.41) is 6.80. The Labute approximate surface area is 141 Å². The molecule has 2 saturated heterocycles. The zero-order valence-corrected chi connectivity index (χ0v) is 14.9.